The van der Waals surface area contributed by atoms with Gasteiger partial charge in [-0.1, -0.05) is 121 Å². The molecule has 1 aliphatic carbocycles. The maximum atomic E-state index is 2.38. The molecule has 0 N–H and O–H groups in total. The van der Waals surface area contributed by atoms with Gasteiger partial charge in [-0.25, -0.2) is 0 Å². The van der Waals surface area contributed by atoms with Gasteiger partial charge in [0, 0.05) is 11.4 Å². The second-order valence-corrected chi connectivity index (χ2v) is 7.84. The topological polar surface area (TPSA) is 3.24 Å². The molecule has 0 aliphatic heterocycles. The van der Waals surface area contributed by atoms with Crippen LogP contribution in [-0.2, 0) is 0 Å². The minimum absolute atomic E-state index is 0.134. The predicted octanol–water partition coefficient (Wildman–Crippen LogP) is 8.21. The number of hydrogen-bond acceptors (Lipinski definition) is 1. The van der Waals surface area contributed by atoms with Gasteiger partial charge < -0.3 is 4.90 Å². The Morgan fingerprint density at radius 3 is 1.16 bits per heavy atom. The molecule has 0 aromatic heterocycles. The molecule has 154 valence electrons. The van der Waals surface area contributed by atoms with Crippen LogP contribution in [0.3, 0.4) is 0 Å². The Hall–Kier alpha value is -4.10. The first-order valence-electron chi connectivity index (χ1n) is 11.0. The van der Waals surface area contributed by atoms with E-state index in [9.17, 15) is 0 Å². The number of hydrogen-bond donors (Lipinski definition) is 0. The molecule has 0 spiro atoms. The monoisotopic (exact) mass is 411 g/mol. The molecule has 0 amide bonds. The molecule has 1 heteroatoms. The van der Waals surface area contributed by atoms with Crippen molar-refractivity contribution >= 4 is 11.4 Å². The van der Waals surface area contributed by atoms with Gasteiger partial charge in [-0.2, -0.15) is 0 Å². The van der Waals surface area contributed by atoms with Crippen molar-refractivity contribution in [1.82, 2.24) is 0 Å². The molecular weight excluding hydrogens is 386 g/mol. The predicted molar refractivity (Wildman–Crippen MR) is 137 cm³/mol. The molecule has 4 aromatic carbocycles. The Labute approximate surface area is 190 Å². The van der Waals surface area contributed by atoms with E-state index in [0.29, 0.717) is 0 Å². The first-order chi connectivity index (χ1) is 15.9. The second kappa shape index (κ2) is 9.36. The molecule has 4 aromatic rings. The van der Waals surface area contributed by atoms with Gasteiger partial charge in [-0.3, -0.25) is 0 Å². The Morgan fingerprint density at radius 2 is 0.750 bits per heavy atom. The summed E-state index contributed by atoms with van der Waals surface area (Å²) in [6, 6.07) is 38.9. The zero-order valence-electron chi connectivity index (χ0n) is 17.9. The maximum Gasteiger partial charge on any atom is 0.0712 e. The molecule has 5 rings (SSSR count). The van der Waals surface area contributed by atoms with E-state index in [4.69, 9.17) is 0 Å². The molecular formula is C31H25N. The van der Waals surface area contributed by atoms with Crippen LogP contribution in [-0.4, -0.2) is 6.04 Å². The highest BCUT2D eigenvalue weighted by Gasteiger charge is 2.17. The van der Waals surface area contributed by atoms with Gasteiger partial charge in [0.25, 0.3) is 0 Å². The van der Waals surface area contributed by atoms with Crippen LogP contribution >= 0.6 is 0 Å². The number of anilines is 2. The van der Waals surface area contributed by atoms with Crippen LogP contribution in [0.1, 0.15) is 0 Å². The lowest BCUT2D eigenvalue weighted by Crippen LogP contribution is -2.27. The third-order valence-electron chi connectivity index (χ3n) is 5.75. The van der Waals surface area contributed by atoms with Crippen molar-refractivity contribution in [3.05, 3.63) is 146 Å². The molecule has 32 heavy (non-hydrogen) atoms. The van der Waals surface area contributed by atoms with Gasteiger partial charge in [0.1, 0.15) is 0 Å². The third kappa shape index (κ3) is 4.33. The van der Waals surface area contributed by atoms with Crippen LogP contribution < -0.4 is 4.90 Å². The van der Waals surface area contributed by atoms with Crippen molar-refractivity contribution in [3.8, 4) is 22.3 Å². The van der Waals surface area contributed by atoms with Crippen LogP contribution in [0.25, 0.3) is 22.3 Å². The average Bonchev–Trinajstić information content (AvgIpc) is 3.16. The Morgan fingerprint density at radius 1 is 0.375 bits per heavy atom. The third-order valence-corrected chi connectivity index (χ3v) is 5.75. The number of allylic oxidation sites excluding steroid dienone is 4. The summed E-state index contributed by atoms with van der Waals surface area (Å²) in [6.07, 6.45) is 12.9. The van der Waals surface area contributed by atoms with Crippen LogP contribution in [0.2, 0.25) is 0 Å². The van der Waals surface area contributed by atoms with Gasteiger partial charge >= 0.3 is 0 Å². The fraction of sp³-hybridized carbons (Fsp3) is 0.0323. The standard InChI is InChI=1S/C31H25N/c1-2-10-16-29(15-9-1)32(30-21-17-27(18-22-30)25-11-5-3-6-12-25)31-23-19-28(20-24-31)26-13-7-4-8-14-26/h1-24,29H. The fourth-order valence-corrected chi connectivity index (χ4v) is 4.10. The molecule has 0 radical (unpaired) electrons. The van der Waals surface area contributed by atoms with E-state index in [1.807, 2.05) is 0 Å². The van der Waals surface area contributed by atoms with Gasteiger partial charge in [0.05, 0.1) is 6.04 Å². The van der Waals surface area contributed by atoms with E-state index < -0.39 is 0 Å². The summed E-state index contributed by atoms with van der Waals surface area (Å²) in [5.41, 5.74) is 7.24. The lowest BCUT2D eigenvalue weighted by atomic mass is 10.0. The number of benzene rings is 4. The van der Waals surface area contributed by atoms with Crippen molar-refractivity contribution in [2.45, 2.75) is 6.04 Å². The Bertz CT molecular complexity index is 1130. The normalized spacial score (nSPS) is 13.1. The number of rotatable bonds is 5. The molecule has 1 nitrogen and oxygen atoms in total. The lowest BCUT2D eigenvalue weighted by Gasteiger charge is -2.30. The first-order valence-corrected chi connectivity index (χ1v) is 11.0. The van der Waals surface area contributed by atoms with Gasteiger partial charge in [-0.15, -0.1) is 0 Å². The summed E-state index contributed by atoms with van der Waals surface area (Å²) in [4.78, 5) is 2.38. The molecule has 0 unspecified atom stereocenters. The highest BCUT2D eigenvalue weighted by atomic mass is 15.2. The molecule has 0 saturated heterocycles. The average molecular weight is 412 g/mol. The van der Waals surface area contributed by atoms with E-state index in [-0.39, 0.29) is 6.04 Å². The quantitative estimate of drug-likeness (QED) is 0.320. The minimum atomic E-state index is 0.134. The lowest BCUT2D eigenvalue weighted by molar-refractivity contribution is 0.944. The van der Waals surface area contributed by atoms with E-state index in [1.165, 1.54) is 33.6 Å². The fourth-order valence-electron chi connectivity index (χ4n) is 4.10. The Kier molecular flexibility index (Phi) is 5.80. The summed E-state index contributed by atoms with van der Waals surface area (Å²) < 4.78 is 0. The van der Waals surface area contributed by atoms with Crippen molar-refractivity contribution in [2.24, 2.45) is 0 Å². The van der Waals surface area contributed by atoms with Crippen LogP contribution in [0.5, 0.6) is 0 Å². The van der Waals surface area contributed by atoms with Crippen LogP contribution in [0.15, 0.2) is 146 Å². The highest BCUT2D eigenvalue weighted by Crippen LogP contribution is 2.33. The van der Waals surface area contributed by atoms with Crippen molar-refractivity contribution < 1.29 is 0 Å². The molecule has 0 saturated carbocycles. The van der Waals surface area contributed by atoms with E-state index in [2.05, 4.69) is 151 Å². The maximum absolute atomic E-state index is 2.38. The van der Waals surface area contributed by atoms with Gasteiger partial charge in [0.2, 0.25) is 0 Å². The summed E-state index contributed by atoms with van der Waals surface area (Å²) in [5.74, 6) is 0. The molecule has 0 atom stereocenters. The zero-order chi connectivity index (χ0) is 21.6. The largest absolute Gasteiger partial charge is 0.331 e. The smallest absolute Gasteiger partial charge is 0.0712 e. The summed E-state index contributed by atoms with van der Waals surface area (Å²) in [7, 11) is 0. The van der Waals surface area contributed by atoms with Crippen LogP contribution in [0.4, 0.5) is 11.4 Å². The van der Waals surface area contributed by atoms with Gasteiger partial charge in [0.15, 0.2) is 0 Å². The summed E-state index contributed by atoms with van der Waals surface area (Å²) in [6.45, 7) is 0. The number of nitrogens with zero attached hydrogens (tertiary/aromatic N) is 1. The van der Waals surface area contributed by atoms with Crippen molar-refractivity contribution in [1.29, 1.82) is 0 Å². The van der Waals surface area contributed by atoms with Crippen LogP contribution in [0, 0.1) is 0 Å². The summed E-state index contributed by atoms with van der Waals surface area (Å²) >= 11 is 0. The van der Waals surface area contributed by atoms with E-state index in [1.54, 1.807) is 0 Å². The molecule has 0 heterocycles. The zero-order valence-corrected chi connectivity index (χ0v) is 17.9. The summed E-state index contributed by atoms with van der Waals surface area (Å²) in [5, 5.41) is 0. The Balaban J connectivity index is 1.51. The van der Waals surface area contributed by atoms with E-state index in [0.717, 1.165) is 0 Å². The van der Waals surface area contributed by atoms with Crippen molar-refractivity contribution in [3.63, 3.8) is 0 Å². The minimum Gasteiger partial charge on any atom is -0.331 e. The van der Waals surface area contributed by atoms with Gasteiger partial charge in [-0.05, 0) is 46.5 Å². The van der Waals surface area contributed by atoms with E-state index >= 15 is 0 Å². The SMILES string of the molecule is C1=CC=CC(N(c2ccc(-c3ccccc3)cc2)c2ccc(-c3ccccc3)cc2)C=C1. The van der Waals surface area contributed by atoms with Crippen molar-refractivity contribution in [2.75, 3.05) is 4.90 Å². The molecule has 0 bridgehead atoms. The highest BCUT2D eigenvalue weighted by molar-refractivity contribution is 5.73. The molecule has 0 fully saturated rings. The first kappa shape index (κ1) is 19.8. The molecule has 1 aliphatic rings. The second-order valence-electron chi connectivity index (χ2n) is 7.84.